The van der Waals surface area contributed by atoms with Crippen LogP contribution in [0.1, 0.15) is 6.92 Å². The molecular weight excluding hydrogens is 154 g/mol. The van der Waals surface area contributed by atoms with Crippen molar-refractivity contribution in [3.63, 3.8) is 0 Å². The molecule has 0 aromatic heterocycles. The topological polar surface area (TPSA) is 55.5 Å². The van der Waals surface area contributed by atoms with Crippen LogP contribution in [0.4, 0.5) is 0 Å². The second-order valence-corrected chi connectivity index (χ2v) is 2.43. The van der Waals surface area contributed by atoms with E-state index in [1.54, 1.807) is 12.2 Å². The fourth-order valence-corrected chi connectivity index (χ4v) is 0.595. The summed E-state index contributed by atoms with van der Waals surface area (Å²) in [4.78, 5) is 0. The van der Waals surface area contributed by atoms with Gasteiger partial charge in [-0.15, -0.1) is 0 Å². The van der Waals surface area contributed by atoms with Gasteiger partial charge in [-0.05, 0) is 6.92 Å². The van der Waals surface area contributed by atoms with E-state index in [0.29, 0.717) is 5.57 Å². The van der Waals surface area contributed by atoms with Crippen LogP contribution in [0, 0.1) is 0 Å². The van der Waals surface area contributed by atoms with Crippen LogP contribution >= 0.6 is 0 Å². The Morgan fingerprint density at radius 1 is 1.58 bits per heavy atom. The Hall–Kier alpha value is -1.06. The summed E-state index contributed by atoms with van der Waals surface area (Å²) in [6.45, 7) is 5.52. The lowest BCUT2D eigenvalue weighted by atomic mass is 10.2. The molecule has 68 valence electrons. The molecule has 0 aromatic rings. The maximum atomic E-state index is 9.18. The van der Waals surface area contributed by atoms with Crippen molar-refractivity contribution in [1.29, 1.82) is 0 Å². The number of rotatable bonds is 4. The van der Waals surface area contributed by atoms with Crippen molar-refractivity contribution in [2.45, 2.75) is 13.2 Å². The van der Waals surface area contributed by atoms with Gasteiger partial charge in [0.25, 0.3) is 0 Å². The first kappa shape index (κ1) is 10.9. The fraction of sp³-hybridized carbons (Fsp3) is 0.333. The molecule has 0 saturated heterocycles. The summed E-state index contributed by atoms with van der Waals surface area (Å²) >= 11 is 0. The monoisotopic (exact) mass is 169 g/mol. The van der Waals surface area contributed by atoms with Crippen molar-refractivity contribution < 1.29 is 9.84 Å². The van der Waals surface area contributed by atoms with E-state index in [4.69, 9.17) is 5.73 Å². The second kappa shape index (κ2) is 5.57. The fourth-order valence-electron chi connectivity index (χ4n) is 0.595. The quantitative estimate of drug-likeness (QED) is 0.486. The molecule has 0 bridgehead atoms. The lowest BCUT2D eigenvalue weighted by Crippen LogP contribution is -2.12. The van der Waals surface area contributed by atoms with Crippen LogP contribution < -0.4 is 5.73 Å². The molecule has 0 aliphatic heterocycles. The molecule has 0 aliphatic carbocycles. The summed E-state index contributed by atoms with van der Waals surface area (Å²) in [5.74, 6) is 0. The van der Waals surface area contributed by atoms with Crippen molar-refractivity contribution >= 4 is 0 Å². The van der Waals surface area contributed by atoms with E-state index in [9.17, 15) is 5.11 Å². The van der Waals surface area contributed by atoms with Gasteiger partial charge in [0.1, 0.15) is 0 Å². The van der Waals surface area contributed by atoms with E-state index in [1.807, 2.05) is 6.92 Å². The van der Waals surface area contributed by atoms with Gasteiger partial charge < -0.3 is 15.6 Å². The number of nitrogens with two attached hydrogens (primary N) is 1. The van der Waals surface area contributed by atoms with Crippen LogP contribution in [0.3, 0.4) is 0 Å². The first-order valence-electron chi connectivity index (χ1n) is 3.58. The van der Waals surface area contributed by atoms with Crippen molar-refractivity contribution in [2.75, 3.05) is 7.11 Å². The molecule has 1 unspecified atom stereocenters. The minimum atomic E-state index is -0.967. The van der Waals surface area contributed by atoms with Gasteiger partial charge in [-0.3, -0.25) is 0 Å². The number of aliphatic hydroxyl groups is 1. The minimum Gasteiger partial charge on any atom is -0.404 e. The SMILES string of the molecule is C=C(C)/C=C\C(=C/N)C(O)OC. The normalized spacial score (nSPS) is 15.1. The summed E-state index contributed by atoms with van der Waals surface area (Å²) < 4.78 is 4.66. The zero-order chi connectivity index (χ0) is 9.56. The molecule has 3 N–H and O–H groups in total. The molecule has 0 spiro atoms. The van der Waals surface area contributed by atoms with Crippen molar-refractivity contribution in [3.8, 4) is 0 Å². The van der Waals surface area contributed by atoms with Crippen LogP contribution in [0.5, 0.6) is 0 Å². The number of hydrogen-bond donors (Lipinski definition) is 2. The van der Waals surface area contributed by atoms with Crippen LogP contribution in [-0.4, -0.2) is 18.5 Å². The van der Waals surface area contributed by atoms with Gasteiger partial charge in [0, 0.05) is 18.9 Å². The lowest BCUT2D eigenvalue weighted by Gasteiger charge is -2.07. The van der Waals surface area contributed by atoms with E-state index in [-0.39, 0.29) is 0 Å². The molecule has 0 amide bonds. The lowest BCUT2D eigenvalue weighted by molar-refractivity contribution is -0.0421. The highest BCUT2D eigenvalue weighted by molar-refractivity contribution is 5.26. The Labute approximate surface area is 72.8 Å². The highest BCUT2D eigenvalue weighted by atomic mass is 16.6. The zero-order valence-electron chi connectivity index (χ0n) is 7.45. The van der Waals surface area contributed by atoms with Gasteiger partial charge in [-0.25, -0.2) is 0 Å². The second-order valence-electron chi connectivity index (χ2n) is 2.43. The number of allylic oxidation sites excluding steroid dienone is 2. The van der Waals surface area contributed by atoms with Gasteiger partial charge >= 0.3 is 0 Å². The van der Waals surface area contributed by atoms with Crippen LogP contribution in [0.15, 0.2) is 36.1 Å². The molecule has 0 aromatic carbocycles. The molecule has 0 rings (SSSR count). The molecule has 0 radical (unpaired) electrons. The maximum absolute atomic E-state index is 9.18. The average Bonchev–Trinajstić information content (AvgIpc) is 2.04. The van der Waals surface area contributed by atoms with Crippen molar-refractivity contribution in [3.05, 3.63) is 36.1 Å². The summed E-state index contributed by atoms with van der Waals surface area (Å²) in [6.07, 6.45) is 3.75. The number of ether oxygens (including phenoxy) is 1. The molecule has 0 aliphatic rings. The van der Waals surface area contributed by atoms with Crippen molar-refractivity contribution in [2.24, 2.45) is 5.73 Å². The molecular formula is C9H15NO2. The van der Waals surface area contributed by atoms with Crippen molar-refractivity contribution in [1.82, 2.24) is 0 Å². The standard InChI is InChI=1S/C9H15NO2/c1-7(2)4-5-8(6-10)9(11)12-3/h4-6,9,11H,1,10H2,2-3H3/b5-4-,8-6+. The maximum Gasteiger partial charge on any atom is 0.182 e. The average molecular weight is 169 g/mol. The molecule has 0 saturated carbocycles. The molecule has 3 nitrogen and oxygen atoms in total. The largest absolute Gasteiger partial charge is 0.404 e. The first-order chi connectivity index (χ1) is 5.61. The Morgan fingerprint density at radius 3 is 2.50 bits per heavy atom. The van der Waals surface area contributed by atoms with E-state index in [0.717, 1.165) is 5.57 Å². The molecule has 0 heterocycles. The molecule has 0 fully saturated rings. The van der Waals surface area contributed by atoms with Crippen LogP contribution in [0.25, 0.3) is 0 Å². The van der Waals surface area contributed by atoms with Gasteiger partial charge in [0.2, 0.25) is 0 Å². The smallest absolute Gasteiger partial charge is 0.182 e. The number of hydrogen-bond acceptors (Lipinski definition) is 3. The highest BCUT2D eigenvalue weighted by Crippen LogP contribution is 2.04. The number of methoxy groups -OCH3 is 1. The summed E-state index contributed by atoms with van der Waals surface area (Å²) in [6, 6.07) is 0. The Bertz CT molecular complexity index is 207. The predicted molar refractivity (Wildman–Crippen MR) is 49.2 cm³/mol. The highest BCUT2D eigenvalue weighted by Gasteiger charge is 2.03. The van der Waals surface area contributed by atoms with Crippen LogP contribution in [-0.2, 0) is 4.74 Å². The van der Waals surface area contributed by atoms with E-state index < -0.39 is 6.29 Å². The third-order valence-electron chi connectivity index (χ3n) is 1.26. The predicted octanol–water partition coefficient (Wildman–Crippen LogP) is 0.926. The van der Waals surface area contributed by atoms with Gasteiger partial charge in [-0.1, -0.05) is 24.3 Å². The van der Waals surface area contributed by atoms with Gasteiger partial charge in [-0.2, -0.15) is 0 Å². The molecule has 12 heavy (non-hydrogen) atoms. The van der Waals surface area contributed by atoms with E-state index >= 15 is 0 Å². The van der Waals surface area contributed by atoms with Gasteiger partial charge in [0.05, 0.1) is 0 Å². The third-order valence-corrected chi connectivity index (χ3v) is 1.26. The Balaban J connectivity index is 4.29. The Kier molecular flexibility index (Phi) is 5.08. The summed E-state index contributed by atoms with van der Waals surface area (Å²) in [7, 11) is 1.41. The first-order valence-corrected chi connectivity index (χ1v) is 3.58. The van der Waals surface area contributed by atoms with Gasteiger partial charge in [0.15, 0.2) is 6.29 Å². The third kappa shape index (κ3) is 3.95. The zero-order valence-corrected chi connectivity index (χ0v) is 7.45. The summed E-state index contributed by atoms with van der Waals surface area (Å²) in [5, 5.41) is 9.18. The molecule has 3 heteroatoms. The minimum absolute atomic E-state index is 0.514. The molecule has 1 atom stereocenters. The van der Waals surface area contributed by atoms with E-state index in [2.05, 4.69) is 11.3 Å². The van der Waals surface area contributed by atoms with Crippen LogP contribution in [0.2, 0.25) is 0 Å². The Morgan fingerprint density at radius 2 is 2.17 bits per heavy atom. The van der Waals surface area contributed by atoms with E-state index in [1.165, 1.54) is 13.3 Å². The number of aliphatic hydroxyl groups excluding tert-OH is 1. The summed E-state index contributed by atoms with van der Waals surface area (Å²) in [5.41, 5.74) is 6.65.